The lowest BCUT2D eigenvalue weighted by molar-refractivity contribution is -0.191. The van der Waals surface area contributed by atoms with Crippen molar-refractivity contribution < 1.29 is 18.0 Å². The Morgan fingerprint density at radius 3 is 2.50 bits per heavy atom. The number of aryl methyl sites for hydroxylation is 1. The van der Waals surface area contributed by atoms with Crippen LogP contribution in [-0.2, 0) is 11.2 Å². The van der Waals surface area contributed by atoms with Crippen LogP contribution >= 0.6 is 0 Å². The quantitative estimate of drug-likeness (QED) is 0.848. The minimum absolute atomic E-state index is 0.00590. The van der Waals surface area contributed by atoms with E-state index in [1.807, 2.05) is 31.2 Å². The molecule has 0 bridgehead atoms. The fourth-order valence-electron chi connectivity index (χ4n) is 3.57. The molecule has 0 spiro atoms. The molecule has 3 rings (SSSR count). The van der Waals surface area contributed by atoms with Crippen LogP contribution in [0.1, 0.15) is 44.4 Å². The third-order valence-corrected chi connectivity index (χ3v) is 4.85. The van der Waals surface area contributed by atoms with Gasteiger partial charge in [0.05, 0.1) is 5.41 Å². The maximum absolute atomic E-state index is 14.0. The summed E-state index contributed by atoms with van der Waals surface area (Å²) in [5, 5.41) is 2.79. The highest BCUT2D eigenvalue weighted by Crippen LogP contribution is 2.41. The van der Waals surface area contributed by atoms with Gasteiger partial charge >= 0.3 is 6.18 Å². The molecule has 6 heteroatoms. The molecule has 1 unspecified atom stereocenters. The zero-order chi connectivity index (χ0) is 19.1. The van der Waals surface area contributed by atoms with Crippen molar-refractivity contribution in [1.29, 1.82) is 0 Å². The van der Waals surface area contributed by atoms with Gasteiger partial charge in [0, 0.05) is 6.54 Å². The molecule has 0 saturated carbocycles. The van der Waals surface area contributed by atoms with Gasteiger partial charge in [-0.25, -0.2) is 5.01 Å². The minimum Gasteiger partial charge on any atom is -0.287 e. The molecule has 1 heterocycles. The average Bonchev–Trinajstić information content (AvgIpc) is 2.79. The van der Waals surface area contributed by atoms with Crippen LogP contribution in [0.2, 0.25) is 0 Å². The number of hydrogen-bond donors (Lipinski definition) is 1. The van der Waals surface area contributed by atoms with Gasteiger partial charge < -0.3 is 0 Å². The standard InChI is InChI=1S/C20H23F3N2O/c1-4-7-13-10-15(11-14-8-5-6-9-16(13)14)17(20(21,22)23)25-12-19(2,3)18(26)24-25/h5-6,8-11,17H,4,7,12H2,1-3H3,(H,24,26). The van der Waals surface area contributed by atoms with Gasteiger partial charge in [-0.2, -0.15) is 13.2 Å². The average molecular weight is 364 g/mol. The fourth-order valence-corrected chi connectivity index (χ4v) is 3.57. The summed E-state index contributed by atoms with van der Waals surface area (Å²) >= 11 is 0. The molecule has 1 aliphatic rings. The van der Waals surface area contributed by atoms with E-state index in [9.17, 15) is 18.0 Å². The second-order valence-corrected chi connectivity index (χ2v) is 7.55. The van der Waals surface area contributed by atoms with Crippen LogP contribution < -0.4 is 5.43 Å². The molecule has 0 aromatic heterocycles. The largest absolute Gasteiger partial charge is 0.409 e. The van der Waals surface area contributed by atoms with Crippen molar-refractivity contribution in [3.63, 3.8) is 0 Å². The smallest absolute Gasteiger partial charge is 0.287 e. The molecule has 1 atom stereocenters. The van der Waals surface area contributed by atoms with Crippen LogP contribution in [-0.4, -0.2) is 23.6 Å². The van der Waals surface area contributed by atoms with Crippen LogP contribution in [0.15, 0.2) is 36.4 Å². The van der Waals surface area contributed by atoms with Crippen LogP contribution in [0.25, 0.3) is 10.8 Å². The molecule has 0 radical (unpaired) electrons. The highest BCUT2D eigenvalue weighted by atomic mass is 19.4. The number of nitrogens with zero attached hydrogens (tertiary/aromatic N) is 1. The molecule has 2 aromatic rings. The van der Waals surface area contributed by atoms with E-state index in [1.54, 1.807) is 26.0 Å². The van der Waals surface area contributed by atoms with E-state index in [2.05, 4.69) is 5.43 Å². The number of hydrogen-bond acceptors (Lipinski definition) is 2. The van der Waals surface area contributed by atoms with Gasteiger partial charge in [0.25, 0.3) is 0 Å². The highest BCUT2D eigenvalue weighted by molar-refractivity contribution is 5.87. The van der Waals surface area contributed by atoms with Crippen molar-refractivity contribution in [2.24, 2.45) is 5.41 Å². The number of amides is 1. The number of hydrazine groups is 1. The lowest BCUT2D eigenvalue weighted by Crippen LogP contribution is -2.43. The fraction of sp³-hybridized carbons (Fsp3) is 0.450. The van der Waals surface area contributed by atoms with Gasteiger partial charge in [-0.15, -0.1) is 0 Å². The molecule has 1 saturated heterocycles. The van der Waals surface area contributed by atoms with Crippen molar-refractivity contribution >= 4 is 16.7 Å². The maximum atomic E-state index is 14.0. The summed E-state index contributed by atoms with van der Waals surface area (Å²) in [6.07, 6.45) is -2.95. The predicted molar refractivity (Wildman–Crippen MR) is 95.4 cm³/mol. The van der Waals surface area contributed by atoms with E-state index in [-0.39, 0.29) is 18.0 Å². The summed E-state index contributed by atoms with van der Waals surface area (Å²) in [4.78, 5) is 12.0. The molecule has 0 aliphatic carbocycles. The van der Waals surface area contributed by atoms with Crippen molar-refractivity contribution in [3.05, 3.63) is 47.5 Å². The Balaban J connectivity index is 2.12. The van der Waals surface area contributed by atoms with Gasteiger partial charge in [-0.3, -0.25) is 10.2 Å². The maximum Gasteiger partial charge on any atom is 0.409 e. The van der Waals surface area contributed by atoms with Gasteiger partial charge in [-0.1, -0.05) is 43.7 Å². The van der Waals surface area contributed by atoms with Crippen molar-refractivity contribution in [3.8, 4) is 0 Å². The summed E-state index contributed by atoms with van der Waals surface area (Å²) in [5.41, 5.74) is 2.64. The second-order valence-electron chi connectivity index (χ2n) is 7.55. The third-order valence-electron chi connectivity index (χ3n) is 4.85. The number of halogens is 3. The Hall–Kier alpha value is -2.08. The Labute approximate surface area is 151 Å². The van der Waals surface area contributed by atoms with E-state index in [0.717, 1.165) is 27.8 Å². The second kappa shape index (κ2) is 6.58. The predicted octanol–water partition coefficient (Wildman–Crippen LogP) is 4.77. The van der Waals surface area contributed by atoms with Crippen molar-refractivity contribution in [1.82, 2.24) is 10.4 Å². The van der Waals surface area contributed by atoms with Gasteiger partial charge in [0.15, 0.2) is 0 Å². The molecular formula is C20H23F3N2O. The number of nitrogens with one attached hydrogen (secondary N) is 1. The lowest BCUT2D eigenvalue weighted by Gasteiger charge is -2.30. The molecule has 1 aliphatic heterocycles. The third kappa shape index (κ3) is 3.43. The lowest BCUT2D eigenvalue weighted by atomic mass is 9.92. The first-order valence-corrected chi connectivity index (χ1v) is 8.79. The van der Waals surface area contributed by atoms with Crippen molar-refractivity contribution in [2.75, 3.05) is 6.54 Å². The summed E-state index contributed by atoms with van der Waals surface area (Å²) in [5.74, 6) is -0.388. The summed E-state index contributed by atoms with van der Waals surface area (Å²) < 4.78 is 41.9. The van der Waals surface area contributed by atoms with E-state index in [4.69, 9.17) is 0 Å². The Bertz CT molecular complexity index is 829. The molecule has 140 valence electrons. The number of benzene rings is 2. The molecule has 1 fully saturated rings. The first kappa shape index (κ1) is 18.7. The number of alkyl halides is 3. The molecule has 26 heavy (non-hydrogen) atoms. The zero-order valence-electron chi connectivity index (χ0n) is 15.2. The zero-order valence-corrected chi connectivity index (χ0v) is 15.2. The van der Waals surface area contributed by atoms with Crippen LogP contribution in [0.3, 0.4) is 0 Å². The van der Waals surface area contributed by atoms with Crippen LogP contribution in [0.5, 0.6) is 0 Å². The Morgan fingerprint density at radius 1 is 1.23 bits per heavy atom. The van der Waals surface area contributed by atoms with Crippen LogP contribution in [0, 0.1) is 5.41 Å². The Kier molecular flexibility index (Phi) is 4.73. The summed E-state index contributed by atoms with van der Waals surface area (Å²) in [6, 6.07) is 8.85. The topological polar surface area (TPSA) is 32.3 Å². The van der Waals surface area contributed by atoms with Crippen LogP contribution in [0.4, 0.5) is 13.2 Å². The first-order chi connectivity index (χ1) is 12.1. The number of fused-ring (bicyclic) bond motifs is 1. The molecule has 3 nitrogen and oxygen atoms in total. The molecule has 1 amide bonds. The number of carbonyl (C=O) groups excluding carboxylic acids is 1. The Morgan fingerprint density at radius 2 is 1.92 bits per heavy atom. The number of carbonyl (C=O) groups is 1. The van der Waals surface area contributed by atoms with E-state index in [1.165, 1.54) is 0 Å². The van der Waals surface area contributed by atoms with Gasteiger partial charge in [-0.05, 0) is 48.2 Å². The highest BCUT2D eigenvalue weighted by Gasteiger charge is 2.51. The number of rotatable bonds is 4. The van der Waals surface area contributed by atoms with E-state index in [0.29, 0.717) is 6.42 Å². The molecule has 1 N–H and O–H groups in total. The molecule has 2 aromatic carbocycles. The first-order valence-electron chi connectivity index (χ1n) is 8.79. The monoisotopic (exact) mass is 364 g/mol. The summed E-state index contributed by atoms with van der Waals surface area (Å²) in [6.45, 7) is 5.31. The van der Waals surface area contributed by atoms with Crippen molar-refractivity contribution in [2.45, 2.75) is 45.8 Å². The van der Waals surface area contributed by atoms with Gasteiger partial charge in [0.1, 0.15) is 6.04 Å². The van der Waals surface area contributed by atoms with E-state index < -0.39 is 17.6 Å². The van der Waals surface area contributed by atoms with E-state index >= 15 is 0 Å². The minimum atomic E-state index is -4.50. The normalized spacial score (nSPS) is 18.9. The molecular weight excluding hydrogens is 341 g/mol. The van der Waals surface area contributed by atoms with Gasteiger partial charge in [0.2, 0.25) is 5.91 Å². The SMILES string of the molecule is CCCc1cc(C(N2CC(C)(C)C(=O)N2)C(F)(F)F)cc2ccccc12. The summed E-state index contributed by atoms with van der Waals surface area (Å²) in [7, 11) is 0.